The van der Waals surface area contributed by atoms with Gasteiger partial charge in [-0.15, -0.1) is 35.3 Å². The Bertz CT molecular complexity index is 432. The molecule has 0 atom stereocenters. The van der Waals surface area contributed by atoms with Gasteiger partial charge in [-0.25, -0.2) is 4.98 Å². The number of unbranched alkanes of at least 4 members (excludes halogenated alkanes) is 1. The van der Waals surface area contributed by atoms with Gasteiger partial charge < -0.3 is 15.4 Å². The molecule has 23 heavy (non-hydrogen) atoms. The van der Waals surface area contributed by atoms with Crippen molar-refractivity contribution in [3.05, 3.63) is 15.6 Å². The molecule has 7 heteroatoms. The smallest absolute Gasteiger partial charge is 0.191 e. The van der Waals surface area contributed by atoms with E-state index in [4.69, 9.17) is 4.74 Å². The van der Waals surface area contributed by atoms with E-state index in [2.05, 4.69) is 41.4 Å². The van der Waals surface area contributed by atoms with Crippen molar-refractivity contribution in [3.63, 3.8) is 0 Å². The molecule has 0 unspecified atom stereocenters. The Balaban J connectivity index is 0.00000484. The molecule has 1 aromatic heterocycles. The van der Waals surface area contributed by atoms with E-state index >= 15 is 0 Å². The number of aromatic nitrogens is 1. The van der Waals surface area contributed by atoms with Crippen molar-refractivity contribution >= 4 is 41.3 Å². The van der Waals surface area contributed by atoms with Crippen LogP contribution >= 0.6 is 35.3 Å². The number of aliphatic imine (C=N–C) groups is 1. The normalized spacial score (nSPS) is 11.2. The van der Waals surface area contributed by atoms with Gasteiger partial charge in [0, 0.05) is 44.1 Å². The van der Waals surface area contributed by atoms with E-state index in [9.17, 15) is 0 Å². The maximum atomic E-state index is 5.33. The second kappa shape index (κ2) is 14.0. The summed E-state index contributed by atoms with van der Waals surface area (Å²) in [6, 6.07) is 0. The lowest BCUT2D eigenvalue weighted by atomic mass is 10.3. The van der Waals surface area contributed by atoms with Crippen LogP contribution in [0.2, 0.25) is 0 Å². The van der Waals surface area contributed by atoms with Gasteiger partial charge in [0.25, 0.3) is 0 Å². The second-order valence-corrected chi connectivity index (χ2v) is 6.38. The fourth-order valence-corrected chi connectivity index (χ4v) is 2.86. The minimum Gasteiger partial charge on any atom is -0.382 e. The summed E-state index contributed by atoms with van der Waals surface area (Å²) in [5.41, 5.74) is 1.15. The van der Waals surface area contributed by atoms with Crippen LogP contribution in [0.15, 0.2) is 4.99 Å². The molecule has 5 nitrogen and oxygen atoms in total. The molecule has 1 rings (SSSR count). The molecule has 0 aliphatic carbocycles. The highest BCUT2D eigenvalue weighted by Gasteiger charge is 2.04. The first-order valence-corrected chi connectivity index (χ1v) is 9.01. The highest BCUT2D eigenvalue weighted by atomic mass is 127. The summed E-state index contributed by atoms with van der Waals surface area (Å²) in [4.78, 5) is 10.5. The number of hydrogen-bond donors (Lipinski definition) is 2. The van der Waals surface area contributed by atoms with Crippen LogP contribution in [0.4, 0.5) is 0 Å². The highest BCUT2D eigenvalue weighted by molar-refractivity contribution is 14.0. The number of ether oxygens (including phenoxy) is 1. The maximum Gasteiger partial charge on any atom is 0.191 e. The highest BCUT2D eigenvalue weighted by Crippen LogP contribution is 2.16. The third kappa shape index (κ3) is 10.1. The Morgan fingerprint density at radius 2 is 2.00 bits per heavy atom. The van der Waals surface area contributed by atoms with Crippen LogP contribution in [0.25, 0.3) is 0 Å². The number of thiazole rings is 1. The summed E-state index contributed by atoms with van der Waals surface area (Å²) >= 11 is 1.78. The molecule has 0 aromatic carbocycles. The Kier molecular flexibility index (Phi) is 13.7. The largest absolute Gasteiger partial charge is 0.382 e. The van der Waals surface area contributed by atoms with E-state index in [1.807, 2.05) is 6.92 Å². The number of halogens is 1. The third-order valence-corrected chi connectivity index (χ3v) is 4.35. The minimum atomic E-state index is 0. The Morgan fingerprint density at radius 3 is 2.61 bits per heavy atom. The first-order valence-electron chi connectivity index (χ1n) is 8.20. The van der Waals surface area contributed by atoms with Crippen molar-refractivity contribution in [3.8, 4) is 0 Å². The van der Waals surface area contributed by atoms with Crippen LogP contribution in [0.3, 0.4) is 0 Å². The topological polar surface area (TPSA) is 58.5 Å². The number of guanidine groups is 1. The zero-order chi connectivity index (χ0) is 16.2. The van der Waals surface area contributed by atoms with Gasteiger partial charge in [-0.3, -0.25) is 4.99 Å². The van der Waals surface area contributed by atoms with Crippen molar-refractivity contribution in [2.75, 3.05) is 32.8 Å². The fourth-order valence-electron chi connectivity index (χ4n) is 1.93. The quantitative estimate of drug-likeness (QED) is 0.247. The van der Waals surface area contributed by atoms with E-state index in [0.717, 1.165) is 63.8 Å². The number of aryl methyl sites for hydroxylation is 2. The standard InChI is InChI=1S/C16H30N4OS.HI/c1-5-17-16(18-10-7-8-12-21-6-2)19-11-9-15-20-13(3)14(4)22-15;/h5-12H2,1-4H3,(H2,17,18,19);1H. The van der Waals surface area contributed by atoms with Gasteiger partial charge in [0.2, 0.25) is 0 Å². The first-order chi connectivity index (χ1) is 10.7. The molecular weight excluding hydrogens is 423 g/mol. The molecule has 0 aliphatic heterocycles. The molecule has 0 saturated heterocycles. The SMILES string of the molecule is CCNC(=NCCCCOCC)NCCc1nc(C)c(C)s1.I. The average molecular weight is 454 g/mol. The molecule has 0 fully saturated rings. The monoisotopic (exact) mass is 454 g/mol. The van der Waals surface area contributed by atoms with Crippen molar-refractivity contribution in [1.82, 2.24) is 15.6 Å². The molecule has 0 radical (unpaired) electrons. The molecule has 0 bridgehead atoms. The molecule has 0 aliphatic rings. The van der Waals surface area contributed by atoms with E-state index in [0.29, 0.717) is 0 Å². The lowest BCUT2D eigenvalue weighted by molar-refractivity contribution is 0.144. The summed E-state index contributed by atoms with van der Waals surface area (Å²) in [6.45, 7) is 12.5. The van der Waals surface area contributed by atoms with E-state index in [1.54, 1.807) is 11.3 Å². The lowest BCUT2D eigenvalue weighted by Gasteiger charge is -2.10. The maximum absolute atomic E-state index is 5.33. The van der Waals surface area contributed by atoms with E-state index in [-0.39, 0.29) is 24.0 Å². The van der Waals surface area contributed by atoms with Crippen molar-refractivity contribution < 1.29 is 4.74 Å². The molecule has 0 saturated carbocycles. The zero-order valence-electron chi connectivity index (χ0n) is 14.8. The molecule has 1 heterocycles. The third-order valence-electron chi connectivity index (χ3n) is 3.22. The summed E-state index contributed by atoms with van der Waals surface area (Å²) in [5.74, 6) is 0.893. The zero-order valence-corrected chi connectivity index (χ0v) is 17.9. The molecule has 134 valence electrons. The van der Waals surface area contributed by atoms with E-state index in [1.165, 1.54) is 9.88 Å². The molecule has 0 amide bonds. The Hall–Kier alpha value is -0.410. The predicted molar refractivity (Wildman–Crippen MR) is 110 cm³/mol. The number of hydrogen-bond acceptors (Lipinski definition) is 4. The van der Waals surface area contributed by atoms with Crippen LogP contribution in [-0.4, -0.2) is 43.8 Å². The molecule has 1 aromatic rings. The van der Waals surface area contributed by atoms with Crippen molar-refractivity contribution in [2.24, 2.45) is 4.99 Å². The first kappa shape index (κ1) is 22.6. The minimum absolute atomic E-state index is 0. The summed E-state index contributed by atoms with van der Waals surface area (Å²) in [5, 5.41) is 7.84. The van der Waals surface area contributed by atoms with Gasteiger partial charge in [-0.2, -0.15) is 0 Å². The summed E-state index contributed by atoms with van der Waals surface area (Å²) < 4.78 is 5.33. The Labute approximate surface area is 161 Å². The van der Waals surface area contributed by atoms with Crippen molar-refractivity contribution in [1.29, 1.82) is 0 Å². The van der Waals surface area contributed by atoms with Crippen LogP contribution in [0.5, 0.6) is 0 Å². The van der Waals surface area contributed by atoms with Gasteiger partial charge in [0.1, 0.15) is 0 Å². The van der Waals surface area contributed by atoms with Gasteiger partial charge >= 0.3 is 0 Å². The number of nitrogens with one attached hydrogen (secondary N) is 2. The van der Waals surface area contributed by atoms with Gasteiger partial charge in [0.05, 0.1) is 10.7 Å². The molecular formula is C16H31IN4OS. The van der Waals surface area contributed by atoms with Crippen LogP contribution in [0, 0.1) is 13.8 Å². The van der Waals surface area contributed by atoms with Gasteiger partial charge in [-0.05, 0) is 40.5 Å². The summed E-state index contributed by atoms with van der Waals surface area (Å²) in [7, 11) is 0. The second-order valence-electron chi connectivity index (χ2n) is 5.09. The average Bonchev–Trinajstić information content (AvgIpc) is 2.81. The summed E-state index contributed by atoms with van der Waals surface area (Å²) in [6.07, 6.45) is 3.06. The fraction of sp³-hybridized carbons (Fsp3) is 0.750. The molecule has 0 spiro atoms. The van der Waals surface area contributed by atoms with Crippen LogP contribution in [-0.2, 0) is 11.2 Å². The number of rotatable bonds is 10. The van der Waals surface area contributed by atoms with Crippen molar-refractivity contribution in [2.45, 2.75) is 47.0 Å². The van der Waals surface area contributed by atoms with E-state index < -0.39 is 0 Å². The van der Waals surface area contributed by atoms with Crippen LogP contribution in [0.1, 0.15) is 42.3 Å². The Morgan fingerprint density at radius 1 is 1.22 bits per heavy atom. The number of nitrogens with zero attached hydrogens (tertiary/aromatic N) is 2. The van der Waals surface area contributed by atoms with Crippen LogP contribution < -0.4 is 10.6 Å². The predicted octanol–water partition coefficient (Wildman–Crippen LogP) is 3.29. The lowest BCUT2D eigenvalue weighted by Crippen LogP contribution is -2.38. The van der Waals surface area contributed by atoms with Gasteiger partial charge in [0.15, 0.2) is 5.96 Å². The molecule has 2 N–H and O–H groups in total. The van der Waals surface area contributed by atoms with Gasteiger partial charge in [-0.1, -0.05) is 0 Å².